The number of likely N-dealkylation sites (tertiary alicyclic amines) is 1. The first kappa shape index (κ1) is 22.3. The molecule has 2 aromatic rings. The minimum Gasteiger partial charge on any atom is -0.444 e. The van der Waals surface area contributed by atoms with E-state index in [0.29, 0.717) is 5.92 Å². The number of aromatic nitrogens is 1. The van der Waals surface area contributed by atoms with Crippen molar-refractivity contribution in [1.82, 2.24) is 20.1 Å². The Hall–Kier alpha value is -2.34. The second-order valence-corrected chi connectivity index (χ2v) is 8.45. The van der Waals surface area contributed by atoms with Crippen LogP contribution in [0.5, 0.6) is 0 Å². The molecule has 0 unspecified atom stereocenters. The minimum absolute atomic E-state index is 0.634. The predicted octanol–water partition coefficient (Wildman–Crippen LogP) is 3.91. The van der Waals surface area contributed by atoms with E-state index in [2.05, 4.69) is 65.3 Å². The average molecular weight is 412 g/mol. The number of guanidine groups is 1. The molecule has 0 atom stereocenters. The predicted molar refractivity (Wildman–Crippen MR) is 123 cm³/mol. The average Bonchev–Trinajstić information content (AvgIpc) is 3.04. The molecule has 3 rings (SSSR count). The second-order valence-electron chi connectivity index (χ2n) is 8.45. The fourth-order valence-electron chi connectivity index (χ4n) is 3.93. The van der Waals surface area contributed by atoms with Crippen LogP contribution in [-0.2, 0) is 13.1 Å². The fraction of sp³-hybridized carbons (Fsp3) is 0.583. The lowest BCUT2D eigenvalue weighted by Gasteiger charge is -2.30. The summed E-state index contributed by atoms with van der Waals surface area (Å²) in [5.74, 6) is 3.40. The molecule has 1 fully saturated rings. The second kappa shape index (κ2) is 10.6. The molecule has 164 valence electrons. The molecule has 30 heavy (non-hydrogen) atoms. The smallest absolute Gasteiger partial charge is 0.208 e. The lowest BCUT2D eigenvalue weighted by atomic mass is 9.97. The van der Waals surface area contributed by atoms with Gasteiger partial charge in [-0.15, -0.1) is 0 Å². The van der Waals surface area contributed by atoms with Crippen molar-refractivity contribution in [2.75, 3.05) is 33.2 Å². The minimum atomic E-state index is 0.634. The molecule has 0 aliphatic carbocycles. The number of nitrogens with zero attached hydrogens (tertiary/aromatic N) is 4. The molecule has 1 aromatic heterocycles. The van der Waals surface area contributed by atoms with Crippen molar-refractivity contribution >= 4 is 5.96 Å². The summed E-state index contributed by atoms with van der Waals surface area (Å²) in [5.41, 5.74) is 3.67. The highest BCUT2D eigenvalue weighted by molar-refractivity contribution is 5.79. The van der Waals surface area contributed by atoms with Crippen LogP contribution in [0.4, 0.5) is 0 Å². The summed E-state index contributed by atoms with van der Waals surface area (Å²) in [4.78, 5) is 14.2. The summed E-state index contributed by atoms with van der Waals surface area (Å²) >= 11 is 0. The van der Waals surface area contributed by atoms with E-state index in [9.17, 15) is 0 Å². The summed E-state index contributed by atoms with van der Waals surface area (Å²) < 4.78 is 5.74. The van der Waals surface area contributed by atoms with Gasteiger partial charge in [-0.2, -0.15) is 0 Å². The van der Waals surface area contributed by atoms with Crippen molar-refractivity contribution < 1.29 is 4.42 Å². The third kappa shape index (κ3) is 6.08. The van der Waals surface area contributed by atoms with Crippen LogP contribution in [0.2, 0.25) is 0 Å². The molecule has 0 amide bonds. The first-order chi connectivity index (χ1) is 14.5. The van der Waals surface area contributed by atoms with Crippen LogP contribution in [0.1, 0.15) is 48.2 Å². The molecule has 1 aromatic carbocycles. The Morgan fingerprint density at radius 3 is 2.60 bits per heavy atom. The van der Waals surface area contributed by atoms with Crippen molar-refractivity contribution in [2.45, 2.75) is 53.6 Å². The first-order valence-electron chi connectivity index (χ1n) is 11.2. The number of oxazole rings is 1. The zero-order chi connectivity index (χ0) is 21.5. The molecule has 0 bridgehead atoms. The van der Waals surface area contributed by atoms with Gasteiger partial charge in [0.25, 0.3) is 0 Å². The van der Waals surface area contributed by atoms with Gasteiger partial charge in [-0.05, 0) is 70.7 Å². The molecule has 1 aliphatic rings. The zero-order valence-corrected chi connectivity index (χ0v) is 19.2. The standard InChI is InChI=1S/C24H37N5O/c1-6-25-24(28(5)16-22-10-8-7-9-18(22)2)26-15-21-11-13-29(14-12-21)17-23-27-19(3)20(4)30-23/h7-10,21H,6,11-17H2,1-5H3,(H,25,26). The van der Waals surface area contributed by atoms with Gasteiger partial charge in [-0.3, -0.25) is 9.89 Å². The number of piperidine rings is 1. The van der Waals surface area contributed by atoms with E-state index in [4.69, 9.17) is 9.41 Å². The molecular weight excluding hydrogens is 374 g/mol. The van der Waals surface area contributed by atoms with Gasteiger partial charge in [0, 0.05) is 26.7 Å². The van der Waals surface area contributed by atoms with E-state index in [-0.39, 0.29) is 0 Å². The fourth-order valence-corrected chi connectivity index (χ4v) is 3.93. The Morgan fingerprint density at radius 1 is 1.23 bits per heavy atom. The van der Waals surface area contributed by atoms with E-state index in [1.165, 1.54) is 24.0 Å². The Kier molecular flexibility index (Phi) is 7.91. The quantitative estimate of drug-likeness (QED) is 0.553. The van der Waals surface area contributed by atoms with Crippen LogP contribution in [0, 0.1) is 26.7 Å². The summed E-state index contributed by atoms with van der Waals surface area (Å²) in [6.45, 7) is 13.9. The van der Waals surface area contributed by atoms with E-state index in [0.717, 1.165) is 62.6 Å². The molecule has 1 N–H and O–H groups in total. The number of aryl methyl sites for hydroxylation is 3. The third-order valence-electron chi connectivity index (χ3n) is 6.00. The van der Waals surface area contributed by atoms with Gasteiger partial charge in [0.05, 0.1) is 12.2 Å². The van der Waals surface area contributed by atoms with Crippen LogP contribution in [0.15, 0.2) is 33.7 Å². The van der Waals surface area contributed by atoms with Gasteiger partial charge < -0.3 is 14.6 Å². The third-order valence-corrected chi connectivity index (χ3v) is 6.00. The lowest BCUT2D eigenvalue weighted by Crippen LogP contribution is -2.39. The van der Waals surface area contributed by atoms with Crippen LogP contribution in [-0.4, -0.2) is 54.0 Å². The zero-order valence-electron chi connectivity index (χ0n) is 19.2. The lowest BCUT2D eigenvalue weighted by molar-refractivity contribution is 0.166. The maximum Gasteiger partial charge on any atom is 0.208 e. The maximum absolute atomic E-state index is 5.74. The van der Waals surface area contributed by atoms with E-state index < -0.39 is 0 Å². The Bertz CT molecular complexity index is 816. The van der Waals surface area contributed by atoms with E-state index >= 15 is 0 Å². The molecule has 0 saturated carbocycles. The molecular formula is C24H37N5O. The Morgan fingerprint density at radius 2 is 1.97 bits per heavy atom. The molecule has 0 spiro atoms. The molecule has 0 radical (unpaired) electrons. The van der Waals surface area contributed by atoms with Crippen LogP contribution in [0.3, 0.4) is 0 Å². The Labute approximate surface area is 181 Å². The highest BCUT2D eigenvalue weighted by atomic mass is 16.4. The number of benzene rings is 1. The summed E-state index contributed by atoms with van der Waals surface area (Å²) in [7, 11) is 2.12. The van der Waals surface area contributed by atoms with Crippen molar-refractivity contribution in [3.05, 3.63) is 52.7 Å². The number of nitrogens with one attached hydrogen (secondary N) is 1. The van der Waals surface area contributed by atoms with E-state index in [1.807, 2.05) is 13.8 Å². The van der Waals surface area contributed by atoms with Gasteiger partial charge in [-0.1, -0.05) is 24.3 Å². The highest BCUT2D eigenvalue weighted by Gasteiger charge is 2.21. The topological polar surface area (TPSA) is 56.9 Å². The summed E-state index contributed by atoms with van der Waals surface area (Å²) in [6.07, 6.45) is 2.34. The van der Waals surface area contributed by atoms with Gasteiger partial charge in [-0.25, -0.2) is 4.98 Å². The maximum atomic E-state index is 5.74. The van der Waals surface area contributed by atoms with Crippen molar-refractivity contribution in [2.24, 2.45) is 10.9 Å². The molecule has 6 heteroatoms. The normalized spacial score (nSPS) is 16.1. The van der Waals surface area contributed by atoms with Crippen LogP contribution >= 0.6 is 0 Å². The van der Waals surface area contributed by atoms with Crippen molar-refractivity contribution in [1.29, 1.82) is 0 Å². The van der Waals surface area contributed by atoms with Crippen molar-refractivity contribution in [3.8, 4) is 0 Å². The van der Waals surface area contributed by atoms with Gasteiger partial charge in [0.15, 0.2) is 5.96 Å². The largest absolute Gasteiger partial charge is 0.444 e. The highest BCUT2D eigenvalue weighted by Crippen LogP contribution is 2.20. The number of hydrogen-bond donors (Lipinski definition) is 1. The number of hydrogen-bond acceptors (Lipinski definition) is 4. The molecule has 1 aliphatic heterocycles. The Balaban J connectivity index is 1.51. The summed E-state index contributed by atoms with van der Waals surface area (Å²) in [6, 6.07) is 8.56. The molecule has 2 heterocycles. The van der Waals surface area contributed by atoms with Crippen LogP contribution < -0.4 is 5.32 Å². The van der Waals surface area contributed by atoms with Gasteiger partial charge in [0.2, 0.25) is 5.89 Å². The first-order valence-corrected chi connectivity index (χ1v) is 11.2. The molecule has 6 nitrogen and oxygen atoms in total. The number of aliphatic imine (C=N–C) groups is 1. The van der Waals surface area contributed by atoms with E-state index in [1.54, 1.807) is 0 Å². The monoisotopic (exact) mass is 411 g/mol. The number of rotatable bonds is 7. The van der Waals surface area contributed by atoms with Gasteiger partial charge in [0.1, 0.15) is 5.76 Å². The van der Waals surface area contributed by atoms with Gasteiger partial charge >= 0.3 is 0 Å². The van der Waals surface area contributed by atoms with Crippen molar-refractivity contribution in [3.63, 3.8) is 0 Å². The summed E-state index contributed by atoms with van der Waals surface area (Å²) in [5, 5.41) is 3.46. The molecule has 1 saturated heterocycles. The van der Waals surface area contributed by atoms with Crippen LogP contribution in [0.25, 0.3) is 0 Å². The SMILES string of the molecule is CCNC(=NCC1CCN(Cc2nc(C)c(C)o2)CC1)N(C)Cc1ccccc1C.